The van der Waals surface area contributed by atoms with Crippen LogP contribution in [-0.2, 0) is 0 Å². The van der Waals surface area contributed by atoms with Crippen LogP contribution in [0.15, 0.2) is 0 Å². The molecule has 1 heterocycles. The van der Waals surface area contributed by atoms with Crippen molar-refractivity contribution in [3.8, 4) is 6.07 Å². The highest BCUT2D eigenvalue weighted by Crippen LogP contribution is 2.23. The van der Waals surface area contributed by atoms with E-state index in [4.69, 9.17) is 5.11 Å². The zero-order valence-electron chi connectivity index (χ0n) is 11.4. The summed E-state index contributed by atoms with van der Waals surface area (Å²) in [5.41, 5.74) is 2.23. The van der Waals surface area contributed by atoms with Gasteiger partial charge in [0.05, 0.1) is 5.69 Å². The second-order valence-corrected chi connectivity index (χ2v) is 4.59. The third-order valence-corrected chi connectivity index (χ3v) is 3.00. The molecule has 0 radical (unpaired) electrons. The average Bonchev–Trinajstić information content (AvgIpc) is 2.33. The van der Waals surface area contributed by atoms with Crippen LogP contribution in [-0.4, -0.2) is 34.5 Å². The number of hydrogen-bond donors (Lipinski definition) is 1. The average molecular weight is 248 g/mol. The lowest BCUT2D eigenvalue weighted by Gasteiger charge is -2.28. The molecule has 0 aliphatic rings. The minimum Gasteiger partial charge on any atom is -0.396 e. The van der Waals surface area contributed by atoms with Crippen molar-refractivity contribution in [3.05, 3.63) is 16.8 Å². The number of anilines is 1. The number of aliphatic hydroxyl groups excluding tert-OH is 1. The molecule has 5 heteroatoms. The van der Waals surface area contributed by atoms with E-state index in [9.17, 15) is 5.26 Å². The Bertz CT molecular complexity index is 451. The van der Waals surface area contributed by atoms with Gasteiger partial charge < -0.3 is 10.0 Å². The van der Waals surface area contributed by atoms with Gasteiger partial charge in [-0.3, -0.25) is 0 Å². The molecule has 0 atom stereocenters. The fourth-order valence-electron chi connectivity index (χ4n) is 1.78. The zero-order chi connectivity index (χ0) is 13.7. The quantitative estimate of drug-likeness (QED) is 0.856. The van der Waals surface area contributed by atoms with Gasteiger partial charge in [-0.2, -0.15) is 10.4 Å². The molecule has 0 unspecified atom stereocenters. The Hall–Kier alpha value is -1.67. The van der Waals surface area contributed by atoms with Crippen LogP contribution in [0.25, 0.3) is 0 Å². The topological polar surface area (TPSA) is 73.0 Å². The van der Waals surface area contributed by atoms with Crippen LogP contribution in [0.3, 0.4) is 0 Å². The predicted octanol–water partition coefficient (Wildman–Crippen LogP) is 1.56. The maximum atomic E-state index is 9.29. The number of aromatic nitrogens is 2. The normalized spacial score (nSPS) is 10.5. The summed E-state index contributed by atoms with van der Waals surface area (Å²) in [4.78, 5) is 2.01. The van der Waals surface area contributed by atoms with Gasteiger partial charge in [-0.25, -0.2) is 0 Å². The minimum absolute atomic E-state index is 0.128. The number of nitrogens with zero attached hydrogens (tertiary/aromatic N) is 4. The van der Waals surface area contributed by atoms with Gasteiger partial charge in [-0.1, -0.05) is 0 Å². The lowest BCUT2D eigenvalue weighted by molar-refractivity contribution is 0.288. The molecular formula is C13H20N4O. The van der Waals surface area contributed by atoms with Crippen LogP contribution in [0.1, 0.15) is 37.1 Å². The lowest BCUT2D eigenvalue weighted by Crippen LogP contribution is -2.34. The monoisotopic (exact) mass is 248 g/mol. The number of rotatable bonds is 5. The number of aryl methyl sites for hydroxylation is 1. The molecule has 0 spiro atoms. The molecule has 0 bridgehead atoms. The SMILES string of the molecule is Cc1nnc(N(CCCO)C(C)C)c(C#N)c1C. The molecule has 98 valence electrons. The molecule has 0 amide bonds. The third-order valence-electron chi connectivity index (χ3n) is 3.00. The molecule has 0 saturated heterocycles. The molecule has 0 aromatic carbocycles. The fourth-order valence-corrected chi connectivity index (χ4v) is 1.78. The summed E-state index contributed by atoms with van der Waals surface area (Å²) >= 11 is 0. The van der Waals surface area contributed by atoms with Crippen LogP contribution in [0.2, 0.25) is 0 Å². The molecule has 1 rings (SSSR count). The Morgan fingerprint density at radius 1 is 1.33 bits per heavy atom. The van der Waals surface area contributed by atoms with E-state index in [1.165, 1.54) is 0 Å². The summed E-state index contributed by atoms with van der Waals surface area (Å²) < 4.78 is 0. The first-order valence-electron chi connectivity index (χ1n) is 6.14. The van der Waals surface area contributed by atoms with Crippen molar-refractivity contribution in [2.24, 2.45) is 0 Å². The van der Waals surface area contributed by atoms with Gasteiger partial charge in [-0.15, -0.1) is 5.10 Å². The summed E-state index contributed by atoms with van der Waals surface area (Å²) in [5.74, 6) is 0.615. The first-order chi connectivity index (χ1) is 8.52. The van der Waals surface area contributed by atoms with E-state index in [2.05, 4.69) is 16.3 Å². The standard InChI is InChI=1S/C13H20N4O/c1-9(2)17(6-5-7-18)13-12(8-14)10(3)11(4)15-16-13/h9,18H,5-7H2,1-4H3. The first-order valence-corrected chi connectivity index (χ1v) is 6.14. The highest BCUT2D eigenvalue weighted by Gasteiger charge is 2.19. The van der Waals surface area contributed by atoms with Crippen LogP contribution >= 0.6 is 0 Å². The Morgan fingerprint density at radius 2 is 2.00 bits per heavy atom. The van der Waals surface area contributed by atoms with Gasteiger partial charge in [0.25, 0.3) is 0 Å². The minimum atomic E-state index is 0.128. The largest absolute Gasteiger partial charge is 0.396 e. The Labute approximate surface area is 108 Å². The molecular weight excluding hydrogens is 228 g/mol. The summed E-state index contributed by atoms with van der Waals surface area (Å²) in [6, 6.07) is 2.42. The van der Waals surface area contributed by atoms with Gasteiger partial charge in [-0.05, 0) is 39.7 Å². The predicted molar refractivity (Wildman–Crippen MR) is 70.4 cm³/mol. The molecule has 1 aromatic rings. The summed E-state index contributed by atoms with van der Waals surface area (Å²) in [6.07, 6.45) is 0.650. The Kier molecular flexibility index (Phi) is 5.05. The smallest absolute Gasteiger partial charge is 0.169 e. The zero-order valence-corrected chi connectivity index (χ0v) is 11.4. The van der Waals surface area contributed by atoms with Crippen molar-refractivity contribution in [2.75, 3.05) is 18.1 Å². The third kappa shape index (κ3) is 2.96. The van der Waals surface area contributed by atoms with E-state index < -0.39 is 0 Å². The number of aliphatic hydroxyl groups is 1. The maximum Gasteiger partial charge on any atom is 0.169 e. The van der Waals surface area contributed by atoms with E-state index in [0.29, 0.717) is 24.3 Å². The molecule has 5 nitrogen and oxygen atoms in total. The number of hydrogen-bond acceptors (Lipinski definition) is 5. The van der Waals surface area contributed by atoms with E-state index in [0.717, 1.165) is 11.3 Å². The maximum absolute atomic E-state index is 9.29. The van der Waals surface area contributed by atoms with Crippen molar-refractivity contribution in [1.29, 1.82) is 5.26 Å². The lowest BCUT2D eigenvalue weighted by atomic mass is 10.1. The van der Waals surface area contributed by atoms with Gasteiger partial charge in [0.15, 0.2) is 5.82 Å². The van der Waals surface area contributed by atoms with Gasteiger partial charge in [0.1, 0.15) is 11.6 Å². The molecule has 1 N–H and O–H groups in total. The van der Waals surface area contributed by atoms with Crippen molar-refractivity contribution in [2.45, 2.75) is 40.2 Å². The summed E-state index contributed by atoms with van der Waals surface area (Å²) in [6.45, 7) is 8.60. The van der Waals surface area contributed by atoms with Gasteiger partial charge in [0.2, 0.25) is 0 Å². The summed E-state index contributed by atoms with van der Waals surface area (Å²) in [5, 5.41) is 26.5. The molecule has 1 aromatic heterocycles. The van der Waals surface area contributed by atoms with E-state index >= 15 is 0 Å². The van der Waals surface area contributed by atoms with Crippen molar-refractivity contribution < 1.29 is 5.11 Å². The summed E-state index contributed by atoms with van der Waals surface area (Å²) in [7, 11) is 0. The second kappa shape index (κ2) is 6.31. The molecule has 18 heavy (non-hydrogen) atoms. The highest BCUT2D eigenvalue weighted by molar-refractivity contribution is 5.57. The van der Waals surface area contributed by atoms with E-state index in [1.807, 2.05) is 32.6 Å². The van der Waals surface area contributed by atoms with Gasteiger partial charge in [0, 0.05) is 19.2 Å². The second-order valence-electron chi connectivity index (χ2n) is 4.59. The van der Waals surface area contributed by atoms with Crippen LogP contribution in [0.5, 0.6) is 0 Å². The van der Waals surface area contributed by atoms with Crippen molar-refractivity contribution >= 4 is 5.82 Å². The highest BCUT2D eigenvalue weighted by atomic mass is 16.3. The van der Waals surface area contributed by atoms with Crippen LogP contribution in [0, 0.1) is 25.2 Å². The molecule has 0 saturated carbocycles. The van der Waals surface area contributed by atoms with E-state index in [-0.39, 0.29) is 12.6 Å². The number of nitriles is 1. The molecule has 0 aliphatic carbocycles. The fraction of sp³-hybridized carbons (Fsp3) is 0.615. The van der Waals surface area contributed by atoms with Crippen molar-refractivity contribution in [3.63, 3.8) is 0 Å². The Morgan fingerprint density at radius 3 is 2.50 bits per heavy atom. The Balaban J connectivity index is 3.20. The van der Waals surface area contributed by atoms with Crippen molar-refractivity contribution in [1.82, 2.24) is 10.2 Å². The van der Waals surface area contributed by atoms with Crippen LogP contribution in [0.4, 0.5) is 5.82 Å². The molecule has 0 aliphatic heterocycles. The molecule has 0 fully saturated rings. The van der Waals surface area contributed by atoms with Gasteiger partial charge >= 0.3 is 0 Å². The van der Waals surface area contributed by atoms with E-state index in [1.54, 1.807) is 0 Å². The first kappa shape index (κ1) is 14.4. The van der Waals surface area contributed by atoms with Crippen LogP contribution < -0.4 is 4.90 Å².